The molecular weight excluding hydrogens is 214 g/mol. The van der Waals surface area contributed by atoms with Crippen LogP contribution in [0.1, 0.15) is 17.8 Å². The third-order valence-electron chi connectivity index (χ3n) is 2.88. The first kappa shape index (κ1) is 10.6. The lowest BCUT2D eigenvalue weighted by Gasteiger charge is -2.32. The van der Waals surface area contributed by atoms with Crippen LogP contribution in [0.4, 0.5) is 0 Å². The minimum Gasteiger partial charge on any atom is -0.481 e. The highest BCUT2D eigenvalue weighted by Gasteiger charge is 2.40. The van der Waals surface area contributed by atoms with Gasteiger partial charge in [0.15, 0.2) is 0 Å². The molecule has 4 nitrogen and oxygen atoms in total. The zero-order valence-electron chi connectivity index (χ0n) is 8.31. The summed E-state index contributed by atoms with van der Waals surface area (Å²) in [5.41, 5.74) is -0.657. The maximum absolute atomic E-state index is 11.3. The molecule has 1 fully saturated rings. The molecule has 0 bridgehead atoms. The van der Waals surface area contributed by atoms with E-state index < -0.39 is 11.4 Å². The molecule has 0 aliphatic carbocycles. The average Bonchev–Trinajstić information content (AvgIpc) is 2.71. The van der Waals surface area contributed by atoms with E-state index in [0.29, 0.717) is 32.5 Å². The highest BCUT2D eigenvalue weighted by molar-refractivity contribution is 7.09. The monoisotopic (exact) mass is 227 g/mol. The van der Waals surface area contributed by atoms with Crippen molar-refractivity contribution in [3.8, 4) is 0 Å². The van der Waals surface area contributed by atoms with E-state index in [-0.39, 0.29) is 0 Å². The number of aromatic nitrogens is 1. The summed E-state index contributed by atoms with van der Waals surface area (Å²) < 4.78 is 5.21. The predicted molar refractivity (Wildman–Crippen MR) is 55.9 cm³/mol. The van der Waals surface area contributed by atoms with Gasteiger partial charge in [-0.25, -0.2) is 4.98 Å². The van der Waals surface area contributed by atoms with Gasteiger partial charge in [0.2, 0.25) is 0 Å². The second-order valence-electron chi connectivity index (χ2n) is 3.80. The van der Waals surface area contributed by atoms with Crippen molar-refractivity contribution in [3.05, 3.63) is 16.6 Å². The van der Waals surface area contributed by atoms with E-state index >= 15 is 0 Å². The van der Waals surface area contributed by atoms with Crippen LogP contribution in [0.3, 0.4) is 0 Å². The number of carbonyl (C=O) groups is 1. The number of carboxylic acid groups (broad SMARTS) is 1. The Morgan fingerprint density at radius 1 is 1.60 bits per heavy atom. The molecule has 0 saturated carbocycles. The van der Waals surface area contributed by atoms with E-state index in [0.717, 1.165) is 5.01 Å². The minimum atomic E-state index is -0.721. The van der Waals surface area contributed by atoms with Crippen molar-refractivity contribution in [2.75, 3.05) is 13.2 Å². The Balaban J connectivity index is 2.15. The van der Waals surface area contributed by atoms with Crippen molar-refractivity contribution in [1.29, 1.82) is 0 Å². The van der Waals surface area contributed by atoms with Gasteiger partial charge in [0.1, 0.15) is 0 Å². The van der Waals surface area contributed by atoms with Crippen LogP contribution in [-0.2, 0) is 16.0 Å². The average molecular weight is 227 g/mol. The maximum atomic E-state index is 11.3. The number of rotatable bonds is 3. The summed E-state index contributed by atoms with van der Waals surface area (Å²) in [4.78, 5) is 15.5. The van der Waals surface area contributed by atoms with Crippen molar-refractivity contribution >= 4 is 17.3 Å². The first-order valence-corrected chi connectivity index (χ1v) is 5.80. The molecule has 0 aromatic carbocycles. The molecule has 2 heterocycles. The number of nitrogens with zero attached hydrogens (tertiary/aromatic N) is 1. The van der Waals surface area contributed by atoms with Gasteiger partial charge in [-0.15, -0.1) is 11.3 Å². The fourth-order valence-corrected chi connectivity index (χ4v) is 2.62. The molecule has 2 rings (SSSR count). The Morgan fingerprint density at radius 2 is 2.33 bits per heavy atom. The normalized spacial score (nSPS) is 20.0. The highest BCUT2D eigenvalue weighted by atomic mass is 32.1. The van der Waals surface area contributed by atoms with Crippen molar-refractivity contribution in [3.63, 3.8) is 0 Å². The number of carboxylic acids is 1. The van der Waals surface area contributed by atoms with Crippen molar-refractivity contribution in [1.82, 2.24) is 4.98 Å². The third kappa shape index (κ3) is 2.18. The number of hydrogen-bond acceptors (Lipinski definition) is 4. The number of aliphatic carboxylic acids is 1. The van der Waals surface area contributed by atoms with Crippen molar-refractivity contribution in [2.45, 2.75) is 19.3 Å². The summed E-state index contributed by atoms with van der Waals surface area (Å²) in [5.74, 6) is -0.721. The molecule has 15 heavy (non-hydrogen) atoms. The van der Waals surface area contributed by atoms with Gasteiger partial charge in [-0.05, 0) is 12.8 Å². The Labute approximate surface area is 91.9 Å². The molecule has 1 aromatic heterocycles. The van der Waals surface area contributed by atoms with E-state index in [1.807, 2.05) is 5.38 Å². The van der Waals surface area contributed by atoms with Gasteiger partial charge in [0.05, 0.1) is 10.4 Å². The predicted octanol–water partition coefficient (Wildman–Crippen LogP) is 1.57. The summed E-state index contributed by atoms with van der Waals surface area (Å²) in [6, 6.07) is 0. The molecule has 0 unspecified atom stereocenters. The lowest BCUT2D eigenvalue weighted by molar-refractivity contribution is -0.154. The quantitative estimate of drug-likeness (QED) is 0.851. The molecule has 0 spiro atoms. The van der Waals surface area contributed by atoms with Gasteiger partial charge < -0.3 is 9.84 Å². The summed E-state index contributed by atoms with van der Waals surface area (Å²) >= 11 is 1.52. The minimum absolute atomic E-state index is 0.531. The molecular formula is C10H13NO3S. The second-order valence-corrected chi connectivity index (χ2v) is 4.78. The highest BCUT2D eigenvalue weighted by Crippen LogP contribution is 2.35. The van der Waals surface area contributed by atoms with Crippen LogP contribution in [0.25, 0.3) is 0 Å². The Kier molecular flexibility index (Phi) is 3.02. The smallest absolute Gasteiger partial charge is 0.310 e. The number of ether oxygens (including phenoxy) is 1. The van der Waals surface area contributed by atoms with Gasteiger partial charge in [0.25, 0.3) is 0 Å². The molecule has 0 amide bonds. The topological polar surface area (TPSA) is 59.4 Å². The van der Waals surface area contributed by atoms with E-state index in [1.165, 1.54) is 11.3 Å². The third-order valence-corrected chi connectivity index (χ3v) is 3.66. The van der Waals surface area contributed by atoms with Crippen molar-refractivity contribution < 1.29 is 14.6 Å². The maximum Gasteiger partial charge on any atom is 0.310 e. The Morgan fingerprint density at radius 3 is 2.87 bits per heavy atom. The summed E-state index contributed by atoms with van der Waals surface area (Å²) in [7, 11) is 0. The zero-order chi connectivity index (χ0) is 10.7. The molecule has 0 atom stereocenters. The number of thiazole rings is 1. The number of hydrogen-bond donors (Lipinski definition) is 1. The lowest BCUT2D eigenvalue weighted by atomic mass is 9.77. The van der Waals surface area contributed by atoms with Crippen LogP contribution in [0.2, 0.25) is 0 Å². The Bertz CT molecular complexity index is 330. The molecule has 1 saturated heterocycles. The molecule has 5 heteroatoms. The van der Waals surface area contributed by atoms with Crippen molar-refractivity contribution in [2.24, 2.45) is 5.41 Å². The van der Waals surface area contributed by atoms with Gasteiger partial charge in [-0.1, -0.05) is 0 Å². The van der Waals surface area contributed by atoms with E-state index in [1.54, 1.807) is 6.20 Å². The van der Waals surface area contributed by atoms with Gasteiger partial charge in [0, 0.05) is 31.2 Å². The molecule has 1 aliphatic heterocycles. The largest absolute Gasteiger partial charge is 0.481 e. The van der Waals surface area contributed by atoms with Crippen LogP contribution < -0.4 is 0 Å². The van der Waals surface area contributed by atoms with Gasteiger partial charge in [-0.3, -0.25) is 4.79 Å². The fraction of sp³-hybridized carbons (Fsp3) is 0.600. The Hall–Kier alpha value is -0.940. The molecule has 1 aromatic rings. The summed E-state index contributed by atoms with van der Waals surface area (Å²) in [6.45, 7) is 1.08. The van der Waals surface area contributed by atoms with Gasteiger partial charge in [-0.2, -0.15) is 0 Å². The SMILES string of the molecule is O=C(O)C1(Cc2nccs2)CCOCC1. The van der Waals surface area contributed by atoms with Gasteiger partial charge >= 0.3 is 5.97 Å². The standard InChI is InChI=1S/C10H13NO3S/c12-9(13)10(1-4-14-5-2-10)7-8-11-3-6-15-8/h3,6H,1-2,4-5,7H2,(H,12,13). The summed E-state index contributed by atoms with van der Waals surface area (Å²) in [6.07, 6.45) is 3.42. The first-order chi connectivity index (χ1) is 7.23. The molecule has 0 radical (unpaired) electrons. The lowest BCUT2D eigenvalue weighted by Crippen LogP contribution is -2.39. The van der Waals surface area contributed by atoms with E-state index in [4.69, 9.17) is 4.74 Å². The molecule has 1 aliphatic rings. The zero-order valence-corrected chi connectivity index (χ0v) is 9.13. The van der Waals surface area contributed by atoms with Crippen LogP contribution >= 0.6 is 11.3 Å². The first-order valence-electron chi connectivity index (χ1n) is 4.92. The van der Waals surface area contributed by atoms with Crippen LogP contribution in [0.15, 0.2) is 11.6 Å². The summed E-state index contributed by atoms with van der Waals surface area (Å²) in [5, 5.41) is 12.1. The van der Waals surface area contributed by atoms with Crippen LogP contribution in [0.5, 0.6) is 0 Å². The molecule has 82 valence electrons. The van der Waals surface area contributed by atoms with Crippen LogP contribution in [0, 0.1) is 5.41 Å². The van der Waals surface area contributed by atoms with Crippen LogP contribution in [-0.4, -0.2) is 29.3 Å². The molecule has 1 N–H and O–H groups in total. The second kappa shape index (κ2) is 4.28. The fourth-order valence-electron chi connectivity index (χ4n) is 1.86. The van der Waals surface area contributed by atoms with E-state index in [2.05, 4.69) is 4.98 Å². The van der Waals surface area contributed by atoms with E-state index in [9.17, 15) is 9.90 Å².